The van der Waals surface area contributed by atoms with Crippen molar-refractivity contribution in [3.8, 4) is 5.75 Å². The van der Waals surface area contributed by atoms with Crippen LogP contribution in [-0.2, 0) is 9.53 Å². The number of alkyl halides is 2. The highest BCUT2D eigenvalue weighted by Gasteiger charge is 2.50. The lowest BCUT2D eigenvalue weighted by Crippen LogP contribution is -2.39. The molecule has 1 rings (SSSR count). The second kappa shape index (κ2) is 5.73. The van der Waals surface area contributed by atoms with E-state index in [1.165, 1.54) is 14.0 Å². The van der Waals surface area contributed by atoms with Crippen LogP contribution in [0, 0.1) is 5.82 Å². The van der Waals surface area contributed by atoms with Gasteiger partial charge in [-0.25, -0.2) is 9.18 Å². The third-order valence-corrected chi connectivity index (χ3v) is 2.24. The van der Waals surface area contributed by atoms with Crippen molar-refractivity contribution >= 4 is 11.8 Å². The van der Waals surface area contributed by atoms with Crippen molar-refractivity contribution in [3.05, 3.63) is 29.6 Å². The molecular weight excluding hydrogens is 265 g/mol. The lowest BCUT2D eigenvalue weighted by molar-refractivity contribution is -0.164. The van der Waals surface area contributed by atoms with Crippen LogP contribution >= 0.6 is 0 Å². The molecule has 104 valence electrons. The van der Waals surface area contributed by atoms with E-state index in [0.717, 1.165) is 18.2 Å². The Morgan fingerprint density at radius 1 is 1.32 bits per heavy atom. The van der Waals surface area contributed by atoms with Crippen LogP contribution in [0.1, 0.15) is 17.3 Å². The molecule has 1 aromatic carbocycles. The molecule has 0 radical (unpaired) electrons. The Bertz CT molecular complexity index is 500. The molecule has 0 saturated heterocycles. The number of esters is 1. The van der Waals surface area contributed by atoms with E-state index >= 15 is 0 Å². The number of ketones is 1. The van der Waals surface area contributed by atoms with Gasteiger partial charge in [0.15, 0.2) is 0 Å². The highest BCUT2D eigenvalue weighted by molar-refractivity contribution is 6.14. The summed E-state index contributed by atoms with van der Waals surface area (Å²) < 4.78 is 49.1. The Balaban J connectivity index is 3.09. The van der Waals surface area contributed by atoms with Crippen molar-refractivity contribution in [3.63, 3.8) is 0 Å². The monoisotopic (exact) mass is 276 g/mol. The third-order valence-electron chi connectivity index (χ3n) is 2.24. The van der Waals surface area contributed by atoms with Crippen molar-refractivity contribution in [2.75, 3.05) is 13.7 Å². The highest BCUT2D eigenvalue weighted by atomic mass is 19.3. The summed E-state index contributed by atoms with van der Waals surface area (Å²) in [6.45, 7) is 0.999. The lowest BCUT2D eigenvalue weighted by atomic mass is 10.0. The van der Waals surface area contributed by atoms with Crippen LogP contribution in [0.3, 0.4) is 0 Å². The van der Waals surface area contributed by atoms with Crippen molar-refractivity contribution in [2.24, 2.45) is 0 Å². The number of Topliss-reactive ketones (excluding diaryl/α,β-unsaturated/α-hetero) is 1. The fraction of sp³-hybridized carbons (Fsp3) is 0.333. The fourth-order valence-corrected chi connectivity index (χ4v) is 1.29. The van der Waals surface area contributed by atoms with Crippen molar-refractivity contribution in [1.29, 1.82) is 0 Å². The normalized spacial score (nSPS) is 11.0. The summed E-state index contributed by atoms with van der Waals surface area (Å²) in [5.74, 6) is -9.52. The molecule has 0 aromatic heterocycles. The Kier molecular flexibility index (Phi) is 4.52. The van der Waals surface area contributed by atoms with E-state index in [4.69, 9.17) is 0 Å². The zero-order valence-corrected chi connectivity index (χ0v) is 10.2. The molecule has 7 heteroatoms. The van der Waals surface area contributed by atoms with E-state index in [0.29, 0.717) is 0 Å². The molecule has 0 aliphatic rings. The zero-order chi connectivity index (χ0) is 14.6. The largest absolute Gasteiger partial charge is 0.497 e. The van der Waals surface area contributed by atoms with Gasteiger partial charge in [-0.1, -0.05) is 0 Å². The first kappa shape index (κ1) is 15.0. The summed E-state index contributed by atoms with van der Waals surface area (Å²) >= 11 is 0. The molecule has 0 heterocycles. The number of rotatable bonds is 5. The Labute approximate surface area is 107 Å². The van der Waals surface area contributed by atoms with Gasteiger partial charge < -0.3 is 9.47 Å². The molecule has 0 atom stereocenters. The van der Waals surface area contributed by atoms with Gasteiger partial charge >= 0.3 is 11.9 Å². The molecule has 0 bridgehead atoms. The lowest BCUT2D eigenvalue weighted by Gasteiger charge is -2.14. The van der Waals surface area contributed by atoms with Gasteiger partial charge in [0.05, 0.1) is 19.3 Å². The molecule has 0 amide bonds. The zero-order valence-electron chi connectivity index (χ0n) is 10.2. The topological polar surface area (TPSA) is 52.6 Å². The van der Waals surface area contributed by atoms with E-state index in [1.54, 1.807) is 0 Å². The summed E-state index contributed by atoms with van der Waals surface area (Å²) in [6, 6.07) is 2.73. The molecule has 19 heavy (non-hydrogen) atoms. The van der Waals surface area contributed by atoms with Crippen molar-refractivity contribution in [1.82, 2.24) is 0 Å². The van der Waals surface area contributed by atoms with Crippen LogP contribution < -0.4 is 4.74 Å². The van der Waals surface area contributed by atoms with Gasteiger partial charge in [0.1, 0.15) is 11.6 Å². The van der Waals surface area contributed by atoms with E-state index in [-0.39, 0.29) is 12.4 Å². The first-order valence-corrected chi connectivity index (χ1v) is 5.28. The molecule has 0 spiro atoms. The Morgan fingerprint density at radius 3 is 2.42 bits per heavy atom. The average molecular weight is 276 g/mol. The number of carbonyl (C=O) groups excluding carboxylic acids is 2. The van der Waals surface area contributed by atoms with Crippen LogP contribution in [0.4, 0.5) is 13.2 Å². The number of halogens is 3. The maximum atomic E-state index is 13.5. The number of methoxy groups -OCH3 is 1. The van der Waals surface area contributed by atoms with Crippen LogP contribution in [0.15, 0.2) is 18.2 Å². The summed E-state index contributed by atoms with van der Waals surface area (Å²) in [6.07, 6.45) is 0. The molecular formula is C12H11F3O4. The van der Waals surface area contributed by atoms with Gasteiger partial charge in [-0.3, -0.25) is 4.79 Å². The fourth-order valence-electron chi connectivity index (χ4n) is 1.29. The van der Waals surface area contributed by atoms with Gasteiger partial charge in [-0.05, 0) is 19.1 Å². The smallest absolute Gasteiger partial charge is 0.404 e. The van der Waals surface area contributed by atoms with Gasteiger partial charge in [0, 0.05) is 6.07 Å². The number of carbonyl (C=O) groups is 2. The number of hydrogen-bond donors (Lipinski definition) is 0. The highest BCUT2D eigenvalue weighted by Crippen LogP contribution is 2.25. The molecule has 0 unspecified atom stereocenters. The molecule has 0 N–H and O–H groups in total. The molecule has 0 fully saturated rings. The summed E-state index contributed by atoms with van der Waals surface area (Å²) in [5.41, 5.74) is -0.904. The Morgan fingerprint density at radius 2 is 1.95 bits per heavy atom. The molecule has 1 aromatic rings. The second-order valence-electron chi connectivity index (χ2n) is 3.47. The Hall–Kier alpha value is -2.05. The molecule has 0 aliphatic heterocycles. The van der Waals surface area contributed by atoms with Gasteiger partial charge in [0.2, 0.25) is 5.78 Å². The standard InChI is InChI=1S/C12H11F3O4/c1-3-19-11(17)12(14,15)10(16)8-5-4-7(18-2)6-9(8)13/h4-6H,3H2,1-2H3. The molecule has 0 aliphatic carbocycles. The second-order valence-corrected chi connectivity index (χ2v) is 3.47. The van der Waals surface area contributed by atoms with E-state index in [2.05, 4.69) is 9.47 Å². The number of ether oxygens (including phenoxy) is 2. The van der Waals surface area contributed by atoms with E-state index in [1.807, 2.05) is 0 Å². The molecule has 0 saturated carbocycles. The minimum absolute atomic E-state index is 0.0634. The minimum Gasteiger partial charge on any atom is -0.497 e. The van der Waals surface area contributed by atoms with Gasteiger partial charge in [0.25, 0.3) is 0 Å². The summed E-state index contributed by atoms with van der Waals surface area (Å²) in [5, 5.41) is 0. The minimum atomic E-state index is -4.43. The third kappa shape index (κ3) is 3.04. The predicted molar refractivity (Wildman–Crippen MR) is 58.9 cm³/mol. The number of benzene rings is 1. The van der Waals surface area contributed by atoms with E-state index < -0.39 is 29.1 Å². The summed E-state index contributed by atoms with van der Waals surface area (Å²) in [4.78, 5) is 22.4. The first-order valence-electron chi connectivity index (χ1n) is 5.28. The quantitative estimate of drug-likeness (QED) is 0.470. The predicted octanol–water partition coefficient (Wildman–Crippen LogP) is 2.22. The van der Waals surface area contributed by atoms with Crippen LogP contribution in [0.5, 0.6) is 5.75 Å². The van der Waals surface area contributed by atoms with Crippen LogP contribution in [0.2, 0.25) is 0 Å². The maximum Gasteiger partial charge on any atom is 0.404 e. The number of hydrogen-bond acceptors (Lipinski definition) is 4. The van der Waals surface area contributed by atoms with Gasteiger partial charge in [-0.15, -0.1) is 0 Å². The van der Waals surface area contributed by atoms with Crippen molar-refractivity contribution < 1.29 is 32.2 Å². The molecule has 4 nitrogen and oxygen atoms in total. The van der Waals surface area contributed by atoms with Crippen molar-refractivity contribution in [2.45, 2.75) is 12.8 Å². The van der Waals surface area contributed by atoms with Crippen LogP contribution in [0.25, 0.3) is 0 Å². The SMILES string of the molecule is CCOC(=O)C(F)(F)C(=O)c1ccc(OC)cc1F. The van der Waals surface area contributed by atoms with E-state index in [9.17, 15) is 22.8 Å². The average Bonchev–Trinajstić information content (AvgIpc) is 2.37. The maximum absolute atomic E-state index is 13.5. The first-order chi connectivity index (χ1) is 8.84. The summed E-state index contributed by atoms with van der Waals surface area (Å²) in [7, 11) is 1.25. The van der Waals surface area contributed by atoms with Crippen LogP contribution in [-0.4, -0.2) is 31.4 Å². The van der Waals surface area contributed by atoms with Gasteiger partial charge in [-0.2, -0.15) is 8.78 Å².